The lowest BCUT2D eigenvalue weighted by Gasteiger charge is -2.24. The summed E-state index contributed by atoms with van der Waals surface area (Å²) in [6.45, 7) is 5.40. The number of hydrogen-bond donors (Lipinski definition) is 3. The summed E-state index contributed by atoms with van der Waals surface area (Å²) in [5.41, 5.74) is -0.611. The van der Waals surface area contributed by atoms with Crippen molar-refractivity contribution in [3.8, 4) is 0 Å². The van der Waals surface area contributed by atoms with Crippen molar-refractivity contribution in [3.63, 3.8) is 0 Å². The van der Waals surface area contributed by atoms with E-state index in [-0.39, 0.29) is 13.1 Å². The number of rotatable bonds is 1. The highest BCUT2D eigenvalue weighted by molar-refractivity contribution is 5.69. The molecule has 1 aliphatic heterocycles. The van der Waals surface area contributed by atoms with E-state index in [2.05, 4.69) is 5.32 Å². The van der Waals surface area contributed by atoms with E-state index in [1.54, 1.807) is 20.8 Å². The Morgan fingerprint density at radius 1 is 1.35 bits per heavy atom. The van der Waals surface area contributed by atoms with Gasteiger partial charge in [0.05, 0.1) is 18.7 Å². The van der Waals surface area contributed by atoms with Crippen molar-refractivity contribution in [2.75, 3.05) is 13.1 Å². The smallest absolute Gasteiger partial charge is 0.410 e. The summed E-state index contributed by atoms with van der Waals surface area (Å²) < 4.78 is 5.12. The van der Waals surface area contributed by atoms with Crippen molar-refractivity contribution in [3.05, 3.63) is 0 Å². The van der Waals surface area contributed by atoms with Crippen molar-refractivity contribution < 1.29 is 24.5 Å². The standard InChI is InChI=1S/C10H18N2O5/c1-10(2,3)17-9(16)12-4-6(7(13)5-12)11-8(14)15/h6-7,11,13H,4-5H2,1-3H3,(H,14,15)/t6-,7+/m1/s1. The van der Waals surface area contributed by atoms with Gasteiger partial charge in [-0.2, -0.15) is 0 Å². The largest absolute Gasteiger partial charge is 0.465 e. The molecule has 0 aliphatic carbocycles. The lowest BCUT2D eigenvalue weighted by molar-refractivity contribution is 0.0269. The van der Waals surface area contributed by atoms with Gasteiger partial charge in [-0.15, -0.1) is 0 Å². The number of carbonyl (C=O) groups is 2. The van der Waals surface area contributed by atoms with Crippen LogP contribution in [0.1, 0.15) is 20.8 Å². The maximum absolute atomic E-state index is 11.7. The zero-order valence-corrected chi connectivity index (χ0v) is 10.1. The van der Waals surface area contributed by atoms with Crippen LogP contribution in [0.5, 0.6) is 0 Å². The fourth-order valence-corrected chi connectivity index (χ4v) is 1.56. The van der Waals surface area contributed by atoms with Crippen LogP contribution in [-0.2, 0) is 4.74 Å². The van der Waals surface area contributed by atoms with Crippen LogP contribution in [0.25, 0.3) is 0 Å². The highest BCUT2D eigenvalue weighted by Crippen LogP contribution is 2.15. The molecule has 0 unspecified atom stereocenters. The molecule has 0 saturated carbocycles. The van der Waals surface area contributed by atoms with Gasteiger partial charge in [0, 0.05) is 6.54 Å². The first kappa shape index (κ1) is 13.6. The second-order valence-corrected chi connectivity index (χ2v) is 5.01. The van der Waals surface area contributed by atoms with E-state index in [4.69, 9.17) is 9.84 Å². The Labute approximate surface area is 99.4 Å². The van der Waals surface area contributed by atoms with Crippen LogP contribution in [0.2, 0.25) is 0 Å². The second-order valence-electron chi connectivity index (χ2n) is 5.01. The Balaban J connectivity index is 2.53. The Hall–Kier alpha value is -1.50. The van der Waals surface area contributed by atoms with Crippen molar-refractivity contribution in [1.29, 1.82) is 0 Å². The first-order valence-electron chi connectivity index (χ1n) is 5.34. The molecule has 17 heavy (non-hydrogen) atoms. The average Bonchev–Trinajstić information content (AvgIpc) is 2.44. The number of nitrogens with one attached hydrogen (secondary N) is 1. The number of β-amino-alcohol motifs (C(OH)–C–C–N with tert-alkyl or cyclic N) is 1. The monoisotopic (exact) mass is 246 g/mol. The van der Waals surface area contributed by atoms with Crippen molar-refractivity contribution >= 4 is 12.2 Å². The van der Waals surface area contributed by atoms with E-state index in [1.807, 2.05) is 0 Å². The van der Waals surface area contributed by atoms with Gasteiger partial charge < -0.3 is 25.2 Å². The van der Waals surface area contributed by atoms with Gasteiger partial charge in [-0.05, 0) is 20.8 Å². The third-order valence-electron chi connectivity index (χ3n) is 2.25. The van der Waals surface area contributed by atoms with Gasteiger partial charge in [-0.25, -0.2) is 9.59 Å². The molecule has 1 fully saturated rings. The summed E-state index contributed by atoms with van der Waals surface area (Å²) in [7, 11) is 0. The van der Waals surface area contributed by atoms with Crippen LogP contribution < -0.4 is 5.32 Å². The number of nitrogens with zero attached hydrogens (tertiary/aromatic N) is 1. The fraction of sp³-hybridized carbons (Fsp3) is 0.800. The summed E-state index contributed by atoms with van der Waals surface area (Å²) in [4.78, 5) is 23.4. The molecule has 2 atom stereocenters. The molecule has 1 heterocycles. The van der Waals surface area contributed by atoms with E-state index in [0.29, 0.717) is 0 Å². The minimum atomic E-state index is -1.22. The van der Waals surface area contributed by atoms with Crippen molar-refractivity contribution in [2.45, 2.75) is 38.5 Å². The topological polar surface area (TPSA) is 99.1 Å². The van der Waals surface area contributed by atoms with Gasteiger partial charge in [0.25, 0.3) is 0 Å². The molecule has 0 aromatic rings. The van der Waals surface area contributed by atoms with Crippen LogP contribution in [0.15, 0.2) is 0 Å². The second kappa shape index (κ2) is 4.79. The highest BCUT2D eigenvalue weighted by Gasteiger charge is 2.36. The van der Waals surface area contributed by atoms with E-state index < -0.39 is 29.9 Å². The van der Waals surface area contributed by atoms with E-state index in [0.717, 1.165) is 0 Å². The first-order valence-corrected chi connectivity index (χ1v) is 5.34. The molecule has 0 radical (unpaired) electrons. The predicted octanol–water partition coefficient (Wildman–Crippen LogP) is 0.234. The van der Waals surface area contributed by atoms with Crippen LogP contribution in [-0.4, -0.2) is 58.1 Å². The van der Waals surface area contributed by atoms with Crippen LogP contribution >= 0.6 is 0 Å². The third kappa shape index (κ3) is 4.10. The summed E-state index contributed by atoms with van der Waals surface area (Å²) in [6, 6.07) is -0.667. The number of hydrogen-bond acceptors (Lipinski definition) is 4. The molecule has 3 N–H and O–H groups in total. The number of carbonyl (C=O) groups excluding carboxylic acids is 1. The molecule has 1 rings (SSSR count). The lowest BCUT2D eigenvalue weighted by Crippen LogP contribution is -2.42. The third-order valence-corrected chi connectivity index (χ3v) is 2.25. The Morgan fingerprint density at radius 2 is 1.94 bits per heavy atom. The normalized spacial score (nSPS) is 24.6. The van der Waals surface area contributed by atoms with E-state index >= 15 is 0 Å². The predicted molar refractivity (Wildman–Crippen MR) is 58.8 cm³/mol. The number of aliphatic hydroxyl groups is 1. The molecular weight excluding hydrogens is 228 g/mol. The van der Waals surface area contributed by atoms with Crippen molar-refractivity contribution in [2.24, 2.45) is 0 Å². The van der Waals surface area contributed by atoms with Gasteiger partial charge in [0.15, 0.2) is 0 Å². The first-order chi connectivity index (χ1) is 7.69. The van der Waals surface area contributed by atoms with E-state index in [9.17, 15) is 14.7 Å². The average molecular weight is 246 g/mol. The molecule has 1 saturated heterocycles. The van der Waals surface area contributed by atoms with Gasteiger partial charge >= 0.3 is 12.2 Å². The zero-order valence-electron chi connectivity index (χ0n) is 10.1. The minimum Gasteiger partial charge on any atom is -0.465 e. The molecule has 0 spiro atoms. The number of carboxylic acid groups (broad SMARTS) is 1. The molecule has 0 bridgehead atoms. The molecule has 0 aromatic carbocycles. The van der Waals surface area contributed by atoms with E-state index in [1.165, 1.54) is 4.90 Å². The summed E-state index contributed by atoms with van der Waals surface area (Å²) in [6.07, 6.45) is -2.68. The number of amides is 2. The van der Waals surface area contributed by atoms with Crippen molar-refractivity contribution in [1.82, 2.24) is 10.2 Å². The maximum Gasteiger partial charge on any atom is 0.410 e. The van der Waals surface area contributed by atoms with Gasteiger partial charge in [0.2, 0.25) is 0 Å². The van der Waals surface area contributed by atoms with Crippen LogP contribution in [0, 0.1) is 0 Å². The highest BCUT2D eigenvalue weighted by atomic mass is 16.6. The number of ether oxygens (including phenoxy) is 1. The summed E-state index contributed by atoms with van der Waals surface area (Å²) in [5, 5.41) is 20.3. The summed E-state index contributed by atoms with van der Waals surface area (Å²) >= 11 is 0. The molecule has 1 aliphatic rings. The number of likely N-dealkylation sites (tertiary alicyclic amines) is 1. The quantitative estimate of drug-likeness (QED) is 0.615. The van der Waals surface area contributed by atoms with Gasteiger partial charge in [-0.3, -0.25) is 0 Å². The zero-order chi connectivity index (χ0) is 13.2. The van der Waals surface area contributed by atoms with Gasteiger partial charge in [0.1, 0.15) is 5.60 Å². The molecule has 2 amide bonds. The Kier molecular flexibility index (Phi) is 3.82. The minimum absolute atomic E-state index is 0.0693. The molecule has 7 nitrogen and oxygen atoms in total. The molecule has 7 heteroatoms. The summed E-state index contributed by atoms with van der Waals surface area (Å²) in [5.74, 6) is 0. The molecule has 0 aromatic heterocycles. The fourth-order valence-electron chi connectivity index (χ4n) is 1.56. The van der Waals surface area contributed by atoms with Crippen LogP contribution in [0.4, 0.5) is 9.59 Å². The maximum atomic E-state index is 11.7. The van der Waals surface area contributed by atoms with Crippen LogP contribution in [0.3, 0.4) is 0 Å². The SMILES string of the molecule is CC(C)(C)OC(=O)N1C[C@H](O)[C@H](NC(=O)O)C1. The van der Waals surface area contributed by atoms with Gasteiger partial charge in [-0.1, -0.05) is 0 Å². The lowest BCUT2D eigenvalue weighted by atomic mass is 10.2. The Bertz CT molecular complexity index is 312. The Morgan fingerprint density at radius 3 is 2.41 bits per heavy atom. The number of aliphatic hydroxyl groups excluding tert-OH is 1. The molecule has 98 valence electrons. The molecular formula is C10H18N2O5.